The number of nitrogens with zero attached hydrogens (tertiary/aromatic N) is 2. The highest BCUT2D eigenvalue weighted by molar-refractivity contribution is 5.87. The second kappa shape index (κ2) is 4.85. The highest BCUT2D eigenvalue weighted by Crippen LogP contribution is 2.30. The summed E-state index contributed by atoms with van der Waals surface area (Å²) in [6.07, 6.45) is 2.54. The summed E-state index contributed by atoms with van der Waals surface area (Å²) in [5, 5.41) is 12.3. The van der Waals surface area contributed by atoms with E-state index >= 15 is 0 Å². The number of anilines is 3. The molecule has 0 saturated carbocycles. The average molecular weight is 269 g/mol. The van der Waals surface area contributed by atoms with Crippen LogP contribution >= 0.6 is 0 Å². The number of carboxylic acids is 1. The molecular formula is C15H15N3O2. The van der Waals surface area contributed by atoms with E-state index in [1.807, 2.05) is 18.0 Å². The van der Waals surface area contributed by atoms with Crippen LogP contribution in [0.1, 0.15) is 16.1 Å². The zero-order valence-electron chi connectivity index (χ0n) is 11.1. The van der Waals surface area contributed by atoms with Gasteiger partial charge in [0.15, 0.2) is 0 Å². The highest BCUT2D eigenvalue weighted by Gasteiger charge is 2.13. The topological polar surface area (TPSA) is 65.5 Å². The first-order chi connectivity index (χ1) is 9.65. The van der Waals surface area contributed by atoms with Gasteiger partial charge in [-0.05, 0) is 42.3 Å². The number of aromatic nitrogens is 1. The molecule has 0 radical (unpaired) electrons. The molecule has 1 aromatic heterocycles. The van der Waals surface area contributed by atoms with Crippen molar-refractivity contribution in [1.82, 2.24) is 4.98 Å². The van der Waals surface area contributed by atoms with Crippen molar-refractivity contribution in [2.75, 3.05) is 23.8 Å². The molecule has 0 atom stereocenters. The molecule has 0 fully saturated rings. The lowest BCUT2D eigenvalue weighted by atomic mass is 10.1. The van der Waals surface area contributed by atoms with Crippen LogP contribution in [0.2, 0.25) is 0 Å². The Kier molecular flexibility index (Phi) is 3.02. The van der Waals surface area contributed by atoms with Crippen LogP contribution in [-0.4, -0.2) is 29.7 Å². The van der Waals surface area contributed by atoms with Crippen molar-refractivity contribution in [1.29, 1.82) is 0 Å². The van der Waals surface area contributed by atoms with Crippen molar-refractivity contribution in [3.8, 4) is 0 Å². The normalized spacial score (nSPS) is 12.7. The molecule has 20 heavy (non-hydrogen) atoms. The number of hydrogen-bond acceptors (Lipinski definition) is 4. The number of pyridine rings is 1. The second-order valence-electron chi connectivity index (χ2n) is 4.78. The van der Waals surface area contributed by atoms with Crippen LogP contribution in [0.15, 0.2) is 36.5 Å². The van der Waals surface area contributed by atoms with Gasteiger partial charge in [0, 0.05) is 36.9 Å². The summed E-state index contributed by atoms with van der Waals surface area (Å²) in [5.41, 5.74) is 4.38. The Labute approximate surface area is 116 Å². The Balaban J connectivity index is 1.94. The Hall–Kier alpha value is -2.56. The predicted molar refractivity (Wildman–Crippen MR) is 77.9 cm³/mol. The fourth-order valence-electron chi connectivity index (χ4n) is 2.39. The van der Waals surface area contributed by atoms with E-state index in [1.54, 1.807) is 12.1 Å². The smallest absolute Gasteiger partial charge is 0.354 e. The molecule has 0 aliphatic carbocycles. The third-order valence-electron chi connectivity index (χ3n) is 3.54. The monoisotopic (exact) mass is 269 g/mol. The minimum Gasteiger partial charge on any atom is -0.477 e. The molecule has 5 nitrogen and oxygen atoms in total. The molecule has 0 unspecified atom stereocenters. The minimum atomic E-state index is -1.02. The summed E-state index contributed by atoms with van der Waals surface area (Å²) < 4.78 is 0. The molecule has 5 heteroatoms. The summed E-state index contributed by atoms with van der Waals surface area (Å²) in [5.74, 6) is -1.02. The van der Waals surface area contributed by atoms with Gasteiger partial charge in [-0.3, -0.25) is 0 Å². The van der Waals surface area contributed by atoms with Gasteiger partial charge >= 0.3 is 5.97 Å². The van der Waals surface area contributed by atoms with Crippen LogP contribution in [-0.2, 0) is 6.42 Å². The lowest BCUT2D eigenvalue weighted by Crippen LogP contribution is -2.11. The fraction of sp³-hybridized carbons (Fsp3) is 0.200. The van der Waals surface area contributed by atoms with Crippen LogP contribution in [0.5, 0.6) is 0 Å². The summed E-state index contributed by atoms with van der Waals surface area (Å²) in [6.45, 7) is 0.973. The molecular weight excluding hydrogens is 254 g/mol. The molecule has 2 heterocycles. The maximum absolute atomic E-state index is 11.0. The first-order valence-electron chi connectivity index (χ1n) is 6.45. The molecule has 1 aromatic carbocycles. The standard InChI is InChI=1S/C15H15N3O2/c1-18(12-5-7-17-14(9-12)15(19)20)11-2-3-13-10(8-11)4-6-16-13/h2-3,5,7-9,16H,4,6H2,1H3,(H,19,20). The molecule has 1 aliphatic heterocycles. The zero-order chi connectivity index (χ0) is 14.1. The van der Waals surface area contributed by atoms with Gasteiger partial charge in [-0.2, -0.15) is 0 Å². The lowest BCUT2D eigenvalue weighted by Gasteiger charge is -2.20. The number of nitrogens with one attached hydrogen (secondary N) is 1. The molecule has 0 spiro atoms. The van der Waals surface area contributed by atoms with E-state index in [2.05, 4.69) is 22.4 Å². The van der Waals surface area contributed by atoms with Gasteiger partial charge in [0.25, 0.3) is 0 Å². The first-order valence-corrected chi connectivity index (χ1v) is 6.45. The molecule has 2 aromatic rings. The van der Waals surface area contributed by atoms with Crippen molar-refractivity contribution in [3.05, 3.63) is 47.8 Å². The van der Waals surface area contributed by atoms with Gasteiger partial charge in [-0.1, -0.05) is 0 Å². The number of rotatable bonds is 3. The van der Waals surface area contributed by atoms with E-state index in [0.29, 0.717) is 0 Å². The van der Waals surface area contributed by atoms with Crippen molar-refractivity contribution in [2.45, 2.75) is 6.42 Å². The predicted octanol–water partition coefficient (Wildman–Crippen LogP) is 2.52. The minimum absolute atomic E-state index is 0.0529. The van der Waals surface area contributed by atoms with Crippen LogP contribution < -0.4 is 10.2 Å². The van der Waals surface area contributed by atoms with E-state index < -0.39 is 5.97 Å². The van der Waals surface area contributed by atoms with E-state index in [4.69, 9.17) is 5.11 Å². The zero-order valence-corrected chi connectivity index (χ0v) is 11.1. The van der Waals surface area contributed by atoms with Gasteiger partial charge in [-0.15, -0.1) is 0 Å². The molecule has 102 valence electrons. The Bertz CT molecular complexity index is 670. The second-order valence-corrected chi connectivity index (χ2v) is 4.78. The van der Waals surface area contributed by atoms with Gasteiger partial charge in [-0.25, -0.2) is 9.78 Å². The molecule has 0 bridgehead atoms. The van der Waals surface area contributed by atoms with Gasteiger partial charge in [0.2, 0.25) is 0 Å². The van der Waals surface area contributed by atoms with E-state index in [0.717, 1.165) is 24.3 Å². The molecule has 1 aliphatic rings. The molecule has 3 rings (SSSR count). The average Bonchev–Trinajstić information content (AvgIpc) is 2.94. The third-order valence-corrected chi connectivity index (χ3v) is 3.54. The van der Waals surface area contributed by atoms with Crippen molar-refractivity contribution < 1.29 is 9.90 Å². The van der Waals surface area contributed by atoms with Gasteiger partial charge < -0.3 is 15.3 Å². The van der Waals surface area contributed by atoms with Gasteiger partial charge in [0.1, 0.15) is 5.69 Å². The number of carboxylic acid groups (broad SMARTS) is 1. The molecule has 0 amide bonds. The van der Waals surface area contributed by atoms with Crippen LogP contribution in [0.25, 0.3) is 0 Å². The summed E-state index contributed by atoms with van der Waals surface area (Å²) in [7, 11) is 1.92. The van der Waals surface area contributed by atoms with Crippen LogP contribution in [0.4, 0.5) is 17.1 Å². The first kappa shape index (κ1) is 12.5. The number of carbonyl (C=O) groups is 1. The highest BCUT2D eigenvalue weighted by atomic mass is 16.4. The summed E-state index contributed by atoms with van der Waals surface area (Å²) in [6, 6.07) is 9.60. The summed E-state index contributed by atoms with van der Waals surface area (Å²) in [4.78, 5) is 16.8. The van der Waals surface area contributed by atoms with Crippen LogP contribution in [0.3, 0.4) is 0 Å². The number of hydrogen-bond donors (Lipinski definition) is 2. The van der Waals surface area contributed by atoms with Gasteiger partial charge in [0.05, 0.1) is 0 Å². The maximum Gasteiger partial charge on any atom is 0.354 e. The largest absolute Gasteiger partial charge is 0.477 e. The SMILES string of the molecule is CN(c1ccnc(C(=O)O)c1)c1ccc2c(c1)CCN2. The van der Waals surface area contributed by atoms with E-state index in [1.165, 1.54) is 17.4 Å². The Morgan fingerprint density at radius 1 is 1.30 bits per heavy atom. The molecule has 2 N–H and O–H groups in total. The van der Waals surface area contributed by atoms with Crippen molar-refractivity contribution >= 4 is 23.0 Å². The number of aromatic carboxylic acids is 1. The maximum atomic E-state index is 11.0. The number of fused-ring (bicyclic) bond motifs is 1. The van der Waals surface area contributed by atoms with Crippen molar-refractivity contribution in [2.24, 2.45) is 0 Å². The Morgan fingerprint density at radius 2 is 2.10 bits per heavy atom. The third kappa shape index (κ3) is 2.18. The fourth-order valence-corrected chi connectivity index (χ4v) is 2.39. The van der Waals surface area contributed by atoms with Crippen LogP contribution in [0, 0.1) is 0 Å². The quantitative estimate of drug-likeness (QED) is 0.896. The Morgan fingerprint density at radius 3 is 2.90 bits per heavy atom. The molecule has 0 saturated heterocycles. The van der Waals surface area contributed by atoms with Crippen molar-refractivity contribution in [3.63, 3.8) is 0 Å². The van der Waals surface area contributed by atoms with E-state index in [-0.39, 0.29) is 5.69 Å². The van der Waals surface area contributed by atoms with E-state index in [9.17, 15) is 4.79 Å². The summed E-state index contributed by atoms with van der Waals surface area (Å²) >= 11 is 0. The lowest BCUT2D eigenvalue weighted by molar-refractivity contribution is 0.0690. The number of benzene rings is 1.